The smallest absolute Gasteiger partial charge is 0.307 e. The van der Waals surface area contributed by atoms with Crippen LogP contribution in [0, 0.1) is 0 Å². The summed E-state index contributed by atoms with van der Waals surface area (Å²) in [7, 11) is 2.95. The molecule has 0 aliphatic rings. The first-order valence-corrected chi connectivity index (χ1v) is 8.89. The van der Waals surface area contributed by atoms with Crippen LogP contribution in [0.25, 0.3) is 0 Å². The van der Waals surface area contributed by atoms with E-state index in [1.54, 1.807) is 0 Å². The quantitative estimate of drug-likeness (QED) is 0.225. The molecule has 0 unspecified atom stereocenters. The first-order valence-electron chi connectivity index (χ1n) is 10.4. The van der Waals surface area contributed by atoms with E-state index in [0.29, 0.717) is 6.42 Å². The second kappa shape index (κ2) is 13.0. The van der Waals surface area contributed by atoms with E-state index in [0.717, 1.165) is 12.8 Å². The van der Waals surface area contributed by atoms with Crippen LogP contribution >= 0.6 is 0 Å². The largest absolute Gasteiger partial charge is 0.481 e. The van der Waals surface area contributed by atoms with Gasteiger partial charge in [-0.05, 0) is 25.7 Å². The number of ether oxygens (including phenoxy) is 1. The predicted octanol–water partition coefficient (Wildman–Crippen LogP) is 3.78. The van der Waals surface area contributed by atoms with Crippen LogP contribution in [0.2, 0.25) is 0 Å². The fourth-order valence-corrected chi connectivity index (χ4v) is 2.38. The lowest BCUT2D eigenvalue weighted by Gasteiger charge is -2.28. The number of rotatable bonds is 14. The van der Waals surface area contributed by atoms with Gasteiger partial charge in [-0.2, -0.15) is 0 Å². The summed E-state index contributed by atoms with van der Waals surface area (Å²) < 4.78 is 27.4. The highest BCUT2D eigenvalue weighted by Crippen LogP contribution is 2.09. The van der Waals surface area contributed by atoms with Gasteiger partial charge in [-0.1, -0.05) is 38.3 Å². The maximum atomic E-state index is 12.0. The Hall–Kier alpha value is -1.36. The average Bonchev–Trinajstić information content (AvgIpc) is 2.51. The number of carboxylic acids is 1. The van der Waals surface area contributed by atoms with Crippen molar-refractivity contribution in [3.63, 3.8) is 0 Å². The number of carbonyl (C=O) groups excluding carboxylic acids is 1. The zero-order chi connectivity index (χ0) is 20.9. The number of carbonyl (C=O) groups is 2. The van der Waals surface area contributed by atoms with Crippen LogP contribution in [0.5, 0.6) is 0 Å². The van der Waals surface area contributed by atoms with E-state index in [9.17, 15) is 9.59 Å². The second-order valence-electron chi connectivity index (χ2n) is 6.79. The van der Waals surface area contributed by atoms with Gasteiger partial charge < -0.3 is 14.3 Å². The molecule has 0 aromatic heterocycles. The first kappa shape index (κ1) is 17.5. The molecule has 0 aromatic rings. The molecular formula is C19H36NO4+. The van der Waals surface area contributed by atoms with Gasteiger partial charge in [0.15, 0.2) is 6.10 Å². The molecule has 1 N–H and O–H groups in total. The first-order chi connectivity index (χ1) is 12.5. The standard InChI is InChI=1S/C19H35NO4/c1-5-6-7-8-9-10-11-12-13-14-19(23)24-17(15-18(21)22)16-20(2,3)4/h10-11,17H,5-9,12-16H2,1-4H3/p+1/b11-10-/t17-/m0/s1/i2D3. The average molecular weight is 346 g/mol. The van der Waals surface area contributed by atoms with Gasteiger partial charge in [-0.3, -0.25) is 9.59 Å². The number of carboxylic acid groups (broad SMARTS) is 1. The molecule has 0 aromatic carbocycles. The summed E-state index contributed by atoms with van der Waals surface area (Å²) in [6.07, 6.45) is 10.4. The van der Waals surface area contributed by atoms with Gasteiger partial charge in [0.1, 0.15) is 6.54 Å². The number of esters is 1. The summed E-state index contributed by atoms with van der Waals surface area (Å²) in [5.74, 6) is -1.60. The number of aliphatic carboxylic acids is 1. The van der Waals surface area contributed by atoms with Crippen molar-refractivity contribution in [2.75, 3.05) is 27.6 Å². The fourth-order valence-electron chi connectivity index (χ4n) is 2.38. The molecule has 5 nitrogen and oxygen atoms in total. The zero-order valence-corrected chi connectivity index (χ0v) is 15.4. The topological polar surface area (TPSA) is 63.6 Å². The molecule has 140 valence electrons. The third-order valence-electron chi connectivity index (χ3n) is 3.50. The van der Waals surface area contributed by atoms with Crippen LogP contribution in [0.3, 0.4) is 0 Å². The van der Waals surface area contributed by atoms with Crippen LogP contribution in [0.1, 0.15) is 68.8 Å². The Morgan fingerprint density at radius 2 is 1.83 bits per heavy atom. The minimum atomic E-state index is -2.31. The van der Waals surface area contributed by atoms with Crippen LogP contribution in [0.15, 0.2) is 12.2 Å². The summed E-state index contributed by atoms with van der Waals surface area (Å²) in [5, 5.41) is 9.00. The Bertz CT molecular complexity index is 476. The zero-order valence-electron chi connectivity index (χ0n) is 18.4. The van der Waals surface area contributed by atoms with Crippen molar-refractivity contribution in [3.05, 3.63) is 12.2 Å². The Morgan fingerprint density at radius 1 is 1.17 bits per heavy atom. The van der Waals surface area contributed by atoms with Crippen molar-refractivity contribution in [2.24, 2.45) is 0 Å². The highest BCUT2D eigenvalue weighted by molar-refractivity contribution is 5.71. The van der Waals surface area contributed by atoms with Crippen molar-refractivity contribution < 1.29 is 28.0 Å². The van der Waals surface area contributed by atoms with E-state index >= 15 is 0 Å². The van der Waals surface area contributed by atoms with Gasteiger partial charge in [-0.25, -0.2) is 0 Å². The summed E-state index contributed by atoms with van der Waals surface area (Å²) in [6, 6.07) is 0. The summed E-state index contributed by atoms with van der Waals surface area (Å²) >= 11 is 0. The monoisotopic (exact) mass is 345 g/mol. The number of nitrogens with zero attached hydrogens (tertiary/aromatic N) is 1. The highest BCUT2D eigenvalue weighted by atomic mass is 16.5. The molecule has 0 saturated heterocycles. The Labute approximate surface area is 151 Å². The van der Waals surface area contributed by atoms with Gasteiger partial charge >= 0.3 is 11.9 Å². The predicted molar refractivity (Wildman–Crippen MR) is 96.8 cm³/mol. The number of quaternary nitrogens is 1. The molecular weight excluding hydrogens is 306 g/mol. The molecule has 0 saturated carbocycles. The van der Waals surface area contributed by atoms with Crippen molar-refractivity contribution in [3.8, 4) is 0 Å². The van der Waals surface area contributed by atoms with Gasteiger partial charge in [0, 0.05) is 6.42 Å². The van der Waals surface area contributed by atoms with E-state index in [2.05, 4.69) is 19.1 Å². The third kappa shape index (κ3) is 15.5. The normalized spacial score (nSPS) is 15.5. The Morgan fingerprint density at radius 3 is 2.42 bits per heavy atom. The lowest BCUT2D eigenvalue weighted by atomic mass is 10.1. The van der Waals surface area contributed by atoms with E-state index in [1.807, 2.05) is 0 Å². The molecule has 0 spiro atoms. The van der Waals surface area contributed by atoms with E-state index < -0.39 is 35.9 Å². The van der Waals surface area contributed by atoms with Crippen molar-refractivity contribution in [1.82, 2.24) is 0 Å². The molecule has 0 aliphatic heterocycles. The van der Waals surface area contributed by atoms with Gasteiger partial charge in [0.2, 0.25) is 0 Å². The number of allylic oxidation sites excluding steroid dienone is 2. The molecule has 0 rings (SSSR count). The third-order valence-corrected chi connectivity index (χ3v) is 3.50. The minimum absolute atomic E-state index is 0.0772. The Balaban J connectivity index is 4.30. The van der Waals surface area contributed by atoms with Crippen molar-refractivity contribution in [1.29, 1.82) is 0 Å². The maximum Gasteiger partial charge on any atom is 0.307 e. The molecule has 5 heteroatoms. The van der Waals surface area contributed by atoms with E-state index in [4.69, 9.17) is 14.0 Å². The number of hydrogen-bond donors (Lipinski definition) is 1. The van der Waals surface area contributed by atoms with Crippen LogP contribution in [-0.4, -0.2) is 55.2 Å². The summed E-state index contributed by atoms with van der Waals surface area (Å²) in [6.45, 7) is -0.212. The molecule has 0 amide bonds. The van der Waals surface area contributed by atoms with E-state index in [1.165, 1.54) is 39.8 Å². The number of hydrogen-bond acceptors (Lipinski definition) is 3. The van der Waals surface area contributed by atoms with Crippen molar-refractivity contribution in [2.45, 2.75) is 70.8 Å². The highest BCUT2D eigenvalue weighted by Gasteiger charge is 2.24. The maximum absolute atomic E-state index is 12.0. The lowest BCUT2D eigenvalue weighted by Crippen LogP contribution is -2.43. The molecule has 1 atom stereocenters. The SMILES string of the molecule is [2H]C([2H])([2H])[N+](C)(C)C[C@H](CC(=O)O)OC(=O)CCC/C=C\CCCCCC. The van der Waals surface area contributed by atoms with Crippen LogP contribution in [-0.2, 0) is 14.3 Å². The number of likely N-dealkylation sites (N-methyl/N-ethyl adjacent to an activating group) is 1. The lowest BCUT2D eigenvalue weighted by molar-refractivity contribution is -0.873. The van der Waals surface area contributed by atoms with Gasteiger partial charge in [0.25, 0.3) is 0 Å². The molecule has 0 fully saturated rings. The van der Waals surface area contributed by atoms with Crippen LogP contribution in [0.4, 0.5) is 0 Å². The molecule has 0 bridgehead atoms. The molecule has 24 heavy (non-hydrogen) atoms. The molecule has 0 heterocycles. The van der Waals surface area contributed by atoms with Gasteiger partial charge in [-0.15, -0.1) is 0 Å². The van der Waals surface area contributed by atoms with E-state index in [-0.39, 0.29) is 13.0 Å². The summed E-state index contributed by atoms with van der Waals surface area (Å²) in [4.78, 5) is 23.0. The Kier molecular flexibility index (Phi) is 9.45. The second-order valence-corrected chi connectivity index (χ2v) is 6.79. The minimum Gasteiger partial charge on any atom is -0.481 e. The fraction of sp³-hybridized carbons (Fsp3) is 0.789. The van der Waals surface area contributed by atoms with Crippen LogP contribution < -0.4 is 0 Å². The summed E-state index contributed by atoms with van der Waals surface area (Å²) in [5.41, 5.74) is 0. The molecule has 0 radical (unpaired) electrons. The van der Waals surface area contributed by atoms with Crippen molar-refractivity contribution >= 4 is 11.9 Å². The number of unbranched alkanes of at least 4 members (excludes halogenated alkanes) is 5. The molecule has 0 aliphatic carbocycles. The van der Waals surface area contributed by atoms with Gasteiger partial charge in [0.05, 0.1) is 31.6 Å².